The number of benzene rings is 2. The highest BCUT2D eigenvalue weighted by Crippen LogP contribution is 2.36. The lowest BCUT2D eigenvalue weighted by atomic mass is 9.76. The van der Waals surface area contributed by atoms with Crippen molar-refractivity contribution < 1.29 is 48.2 Å². The standard InChI is InChI=1S/C31H36O10/c1-20-5-3-7-24(17-20)28(32)38-40-30(34)36-26-13-9-22(10-14-26)19-23-11-15-27(16-12-23)37-31(35)41-39-29(33)25-8-4-6-21(2)18-25/h3-8,17-18,22-23,26-27H,9-16,19H2,1-2H3. The summed E-state index contributed by atoms with van der Waals surface area (Å²) in [5.41, 5.74) is 2.36. The molecular weight excluding hydrogens is 532 g/mol. The molecule has 0 bridgehead atoms. The van der Waals surface area contributed by atoms with Crippen LogP contribution in [0.2, 0.25) is 0 Å². The molecule has 220 valence electrons. The van der Waals surface area contributed by atoms with Crippen LogP contribution in [0.25, 0.3) is 0 Å². The highest BCUT2D eigenvalue weighted by Gasteiger charge is 2.30. The fourth-order valence-corrected chi connectivity index (χ4v) is 5.54. The summed E-state index contributed by atoms with van der Waals surface area (Å²) in [6.45, 7) is 3.69. The van der Waals surface area contributed by atoms with E-state index in [1.807, 2.05) is 26.0 Å². The van der Waals surface area contributed by atoms with Crippen LogP contribution in [0.15, 0.2) is 48.5 Å². The van der Waals surface area contributed by atoms with Crippen LogP contribution in [-0.4, -0.2) is 36.5 Å². The predicted octanol–water partition coefficient (Wildman–Crippen LogP) is 6.96. The minimum Gasteiger partial charge on any atom is -0.428 e. The first-order valence-electron chi connectivity index (χ1n) is 14.1. The average Bonchev–Trinajstić information content (AvgIpc) is 2.96. The van der Waals surface area contributed by atoms with Crippen molar-refractivity contribution in [3.8, 4) is 0 Å². The normalized spacial score (nSPS) is 22.1. The van der Waals surface area contributed by atoms with Gasteiger partial charge in [-0.1, -0.05) is 35.4 Å². The van der Waals surface area contributed by atoms with Gasteiger partial charge in [-0.3, -0.25) is 0 Å². The first-order valence-corrected chi connectivity index (χ1v) is 14.1. The molecule has 2 aromatic rings. The van der Waals surface area contributed by atoms with Gasteiger partial charge in [0.25, 0.3) is 0 Å². The topological polar surface area (TPSA) is 124 Å². The van der Waals surface area contributed by atoms with Crippen LogP contribution in [0, 0.1) is 25.7 Å². The van der Waals surface area contributed by atoms with Gasteiger partial charge >= 0.3 is 24.2 Å². The summed E-state index contributed by atoms with van der Waals surface area (Å²) >= 11 is 0. The molecule has 0 heterocycles. The smallest absolute Gasteiger partial charge is 0.428 e. The molecule has 0 atom stereocenters. The van der Waals surface area contributed by atoms with Gasteiger partial charge in [0, 0.05) is 0 Å². The summed E-state index contributed by atoms with van der Waals surface area (Å²) in [6, 6.07) is 13.5. The summed E-state index contributed by atoms with van der Waals surface area (Å²) in [7, 11) is 0. The molecule has 10 nitrogen and oxygen atoms in total. The minimum atomic E-state index is -1.02. The molecular formula is C31H36O10. The summed E-state index contributed by atoms with van der Waals surface area (Å²) in [6.07, 6.45) is 5.07. The third-order valence-corrected chi connectivity index (χ3v) is 7.66. The number of hydrogen-bond donors (Lipinski definition) is 0. The number of hydrogen-bond acceptors (Lipinski definition) is 10. The number of rotatable bonds is 6. The molecule has 0 aliphatic heterocycles. The molecule has 2 fully saturated rings. The van der Waals surface area contributed by atoms with Gasteiger partial charge in [-0.2, -0.15) is 9.59 Å². The third-order valence-electron chi connectivity index (χ3n) is 7.66. The highest BCUT2D eigenvalue weighted by atomic mass is 17.2. The van der Waals surface area contributed by atoms with Gasteiger partial charge in [0.15, 0.2) is 0 Å². The molecule has 0 aromatic heterocycles. The van der Waals surface area contributed by atoms with Gasteiger partial charge < -0.3 is 9.47 Å². The summed E-state index contributed by atoms with van der Waals surface area (Å²) in [5, 5.41) is 0. The van der Waals surface area contributed by atoms with Crippen molar-refractivity contribution in [1.29, 1.82) is 0 Å². The van der Waals surface area contributed by atoms with Crippen molar-refractivity contribution in [2.75, 3.05) is 0 Å². The quantitative estimate of drug-likeness (QED) is 0.205. The first-order chi connectivity index (χ1) is 19.7. The highest BCUT2D eigenvalue weighted by molar-refractivity contribution is 5.90. The van der Waals surface area contributed by atoms with E-state index < -0.39 is 24.2 Å². The fourth-order valence-electron chi connectivity index (χ4n) is 5.54. The Balaban J connectivity index is 1.07. The van der Waals surface area contributed by atoms with Crippen LogP contribution < -0.4 is 0 Å². The van der Waals surface area contributed by atoms with Crippen molar-refractivity contribution in [2.24, 2.45) is 11.8 Å². The molecule has 2 aliphatic carbocycles. The number of aryl methyl sites for hydroxylation is 2. The lowest BCUT2D eigenvalue weighted by Gasteiger charge is -2.33. The molecule has 2 aromatic carbocycles. The van der Waals surface area contributed by atoms with Gasteiger partial charge in [0.1, 0.15) is 12.2 Å². The molecule has 0 saturated heterocycles. The minimum absolute atomic E-state index is 0.272. The number of carbonyl (C=O) groups excluding carboxylic acids is 4. The maximum absolute atomic E-state index is 12.0. The van der Waals surface area contributed by atoms with Crippen LogP contribution in [0.1, 0.15) is 89.6 Å². The largest absolute Gasteiger partial charge is 0.550 e. The Kier molecular flexibility index (Phi) is 10.6. The average molecular weight is 569 g/mol. The Hall–Kier alpha value is -4.08. The molecule has 0 N–H and O–H groups in total. The zero-order valence-electron chi connectivity index (χ0n) is 23.4. The zero-order valence-corrected chi connectivity index (χ0v) is 23.4. The first kappa shape index (κ1) is 29.9. The van der Waals surface area contributed by atoms with Crippen LogP contribution in [0.5, 0.6) is 0 Å². The van der Waals surface area contributed by atoms with E-state index in [1.165, 1.54) is 0 Å². The SMILES string of the molecule is Cc1cccc(C(=O)OOC(=O)OC2CCC(CC3CCC(OC(=O)OOC(=O)c4cccc(C)c4)CC3)CC2)c1. The maximum Gasteiger partial charge on any atom is 0.550 e. The Labute approximate surface area is 239 Å². The molecule has 2 saturated carbocycles. The predicted molar refractivity (Wildman–Crippen MR) is 144 cm³/mol. The van der Waals surface area contributed by atoms with E-state index >= 15 is 0 Å². The maximum atomic E-state index is 12.0. The second-order valence-electron chi connectivity index (χ2n) is 10.9. The Morgan fingerprint density at radius 1 is 0.585 bits per heavy atom. The molecule has 0 spiro atoms. The monoisotopic (exact) mass is 568 g/mol. The molecule has 4 rings (SSSR count). The van der Waals surface area contributed by atoms with Crippen molar-refractivity contribution in [1.82, 2.24) is 0 Å². The number of carbonyl (C=O) groups is 4. The summed E-state index contributed by atoms with van der Waals surface area (Å²) in [4.78, 5) is 66.3. The molecule has 0 radical (unpaired) electrons. The van der Waals surface area contributed by atoms with E-state index in [1.54, 1.807) is 36.4 Å². The van der Waals surface area contributed by atoms with E-state index in [2.05, 4.69) is 19.6 Å². The molecule has 0 amide bonds. The molecule has 0 unspecified atom stereocenters. The van der Waals surface area contributed by atoms with Gasteiger partial charge in [-0.15, -0.1) is 0 Å². The Morgan fingerprint density at radius 3 is 1.34 bits per heavy atom. The summed E-state index contributed by atoms with van der Waals surface area (Å²) in [5.74, 6) is -0.460. The van der Waals surface area contributed by atoms with Crippen LogP contribution >= 0.6 is 0 Å². The van der Waals surface area contributed by atoms with Crippen molar-refractivity contribution in [3.05, 3.63) is 70.8 Å². The molecule has 10 heteroatoms. The second kappa shape index (κ2) is 14.5. The third kappa shape index (κ3) is 9.51. The van der Waals surface area contributed by atoms with Crippen LogP contribution in [0.3, 0.4) is 0 Å². The van der Waals surface area contributed by atoms with Gasteiger partial charge in [-0.25, -0.2) is 29.1 Å². The van der Waals surface area contributed by atoms with E-state index in [-0.39, 0.29) is 12.2 Å². The zero-order chi connectivity index (χ0) is 29.2. The van der Waals surface area contributed by atoms with Gasteiger partial charge in [-0.05, 0) is 108 Å². The second-order valence-corrected chi connectivity index (χ2v) is 10.9. The molecule has 41 heavy (non-hydrogen) atoms. The summed E-state index contributed by atoms with van der Waals surface area (Å²) < 4.78 is 10.7. The van der Waals surface area contributed by atoms with Crippen LogP contribution in [-0.2, 0) is 29.0 Å². The molecule has 2 aliphatic rings. The Bertz CT molecular complexity index is 1120. The van der Waals surface area contributed by atoms with E-state index in [0.29, 0.717) is 23.0 Å². The lowest BCUT2D eigenvalue weighted by molar-refractivity contribution is -0.208. The van der Waals surface area contributed by atoms with E-state index in [0.717, 1.165) is 68.9 Å². The Morgan fingerprint density at radius 2 is 0.976 bits per heavy atom. The van der Waals surface area contributed by atoms with Crippen molar-refractivity contribution in [3.63, 3.8) is 0 Å². The van der Waals surface area contributed by atoms with Crippen molar-refractivity contribution in [2.45, 2.75) is 83.8 Å². The van der Waals surface area contributed by atoms with Crippen molar-refractivity contribution >= 4 is 24.2 Å². The van der Waals surface area contributed by atoms with E-state index in [9.17, 15) is 19.2 Å². The number of ether oxygens (including phenoxy) is 2. The van der Waals surface area contributed by atoms with E-state index in [4.69, 9.17) is 9.47 Å². The van der Waals surface area contributed by atoms with Gasteiger partial charge in [0.2, 0.25) is 0 Å². The fraction of sp³-hybridized carbons (Fsp3) is 0.484. The van der Waals surface area contributed by atoms with Crippen LogP contribution in [0.4, 0.5) is 9.59 Å². The van der Waals surface area contributed by atoms with Gasteiger partial charge in [0.05, 0.1) is 11.1 Å². The lowest BCUT2D eigenvalue weighted by Crippen LogP contribution is -2.28.